The number of allylic oxidation sites excluding steroid dienone is 5. The highest BCUT2D eigenvalue weighted by Gasteiger charge is 2.76. The molecule has 1 saturated heterocycles. The second-order valence-electron chi connectivity index (χ2n) is 11.7. The molecule has 3 rings (SSSR count). The fourth-order valence-electron chi connectivity index (χ4n) is 5.89. The first-order valence-corrected chi connectivity index (χ1v) is 12.9. The molecule has 0 aromatic carbocycles. The van der Waals surface area contributed by atoms with Crippen LogP contribution in [0.25, 0.3) is 0 Å². The Bertz CT molecular complexity index is 933. The van der Waals surface area contributed by atoms with Crippen LogP contribution in [0, 0.1) is 16.7 Å². The van der Waals surface area contributed by atoms with Crippen LogP contribution in [0.4, 0.5) is 0 Å². The Hall–Kier alpha value is -2.10. The summed E-state index contributed by atoms with van der Waals surface area (Å²) < 4.78 is 12.1. The number of rotatable bonds is 3. The Morgan fingerprint density at radius 3 is 2.12 bits per heavy atom. The highest BCUT2D eigenvalue weighted by atomic mass is 16.6. The van der Waals surface area contributed by atoms with Crippen molar-refractivity contribution in [1.82, 2.24) is 0 Å². The molecule has 4 unspecified atom stereocenters. The highest BCUT2D eigenvalue weighted by molar-refractivity contribution is 5.93. The van der Waals surface area contributed by atoms with Crippen LogP contribution < -0.4 is 0 Å². The van der Waals surface area contributed by atoms with Gasteiger partial charge in [-0.05, 0) is 92.1 Å². The van der Waals surface area contributed by atoms with Crippen LogP contribution in [0.3, 0.4) is 0 Å². The van der Waals surface area contributed by atoms with Gasteiger partial charge in [0.05, 0.1) is 5.41 Å². The van der Waals surface area contributed by atoms with E-state index in [0.29, 0.717) is 12.8 Å². The average molecular weight is 469 g/mol. The summed E-state index contributed by atoms with van der Waals surface area (Å²) in [6.45, 7) is 18.6. The molecule has 2 aliphatic carbocycles. The summed E-state index contributed by atoms with van der Waals surface area (Å²) in [7, 11) is 0. The lowest BCUT2D eigenvalue weighted by atomic mass is 9.66. The number of carbonyl (C=O) groups excluding carboxylic acids is 2. The molecule has 0 spiro atoms. The zero-order valence-corrected chi connectivity index (χ0v) is 22.4. The molecule has 4 nitrogen and oxygen atoms in total. The van der Waals surface area contributed by atoms with Gasteiger partial charge in [-0.2, -0.15) is 0 Å². The maximum atomic E-state index is 13.8. The quantitative estimate of drug-likeness (QED) is 0.320. The second-order valence-corrected chi connectivity index (χ2v) is 11.7. The second kappa shape index (κ2) is 9.87. The van der Waals surface area contributed by atoms with Gasteiger partial charge in [0, 0.05) is 11.3 Å². The molecule has 3 aliphatic rings. The van der Waals surface area contributed by atoms with Crippen LogP contribution in [-0.4, -0.2) is 23.6 Å². The van der Waals surface area contributed by atoms with Crippen LogP contribution in [0.2, 0.25) is 0 Å². The van der Waals surface area contributed by atoms with Gasteiger partial charge in [0.15, 0.2) is 0 Å². The molecule has 2 fully saturated rings. The van der Waals surface area contributed by atoms with Gasteiger partial charge >= 0.3 is 11.9 Å². The van der Waals surface area contributed by atoms with Crippen LogP contribution in [-0.2, 0) is 19.1 Å². The lowest BCUT2D eigenvalue weighted by Crippen LogP contribution is -2.50. The van der Waals surface area contributed by atoms with Crippen LogP contribution in [0.15, 0.2) is 47.1 Å². The van der Waals surface area contributed by atoms with E-state index in [1.165, 1.54) is 16.7 Å². The number of hydrogen-bond donors (Lipinski definition) is 0. The van der Waals surface area contributed by atoms with Gasteiger partial charge in [0.25, 0.3) is 0 Å². The van der Waals surface area contributed by atoms with E-state index in [1.54, 1.807) is 0 Å². The van der Waals surface area contributed by atoms with E-state index in [1.807, 2.05) is 27.7 Å². The maximum absolute atomic E-state index is 13.8. The smallest absolute Gasteiger partial charge is 0.351 e. The van der Waals surface area contributed by atoms with Crippen molar-refractivity contribution in [2.75, 3.05) is 0 Å². The summed E-state index contributed by atoms with van der Waals surface area (Å²) in [6.07, 6.45) is 13.3. The van der Waals surface area contributed by atoms with Crippen molar-refractivity contribution < 1.29 is 19.1 Å². The minimum absolute atomic E-state index is 0.00636. The highest BCUT2D eigenvalue weighted by Crippen LogP contribution is 2.66. The third-order valence-electron chi connectivity index (χ3n) is 9.05. The predicted molar refractivity (Wildman–Crippen MR) is 137 cm³/mol. The summed E-state index contributed by atoms with van der Waals surface area (Å²) in [6, 6.07) is 0. The number of hydrogen-bond acceptors (Lipinski definition) is 4. The molecular weight excluding hydrogens is 424 g/mol. The molecular formula is C30H44O4. The van der Waals surface area contributed by atoms with Crippen molar-refractivity contribution in [3.63, 3.8) is 0 Å². The summed E-state index contributed by atoms with van der Waals surface area (Å²) in [5, 5.41) is 0. The molecule has 4 heteroatoms. The average Bonchev–Trinajstić information content (AvgIpc) is 3.03. The van der Waals surface area contributed by atoms with E-state index in [0.717, 1.165) is 44.1 Å². The molecule has 1 heterocycles. The minimum Gasteiger partial charge on any atom is -0.455 e. The van der Waals surface area contributed by atoms with E-state index in [2.05, 4.69) is 45.6 Å². The fraction of sp³-hybridized carbons (Fsp3) is 0.667. The summed E-state index contributed by atoms with van der Waals surface area (Å²) >= 11 is 0. The van der Waals surface area contributed by atoms with E-state index in [9.17, 15) is 9.59 Å². The Morgan fingerprint density at radius 1 is 1.00 bits per heavy atom. The van der Waals surface area contributed by atoms with E-state index < -0.39 is 28.5 Å². The molecule has 4 atom stereocenters. The Balaban J connectivity index is 1.93. The molecule has 0 aromatic heterocycles. The molecule has 1 aliphatic heterocycles. The van der Waals surface area contributed by atoms with E-state index in [4.69, 9.17) is 9.47 Å². The van der Waals surface area contributed by atoms with Gasteiger partial charge < -0.3 is 9.47 Å². The van der Waals surface area contributed by atoms with Crippen molar-refractivity contribution in [2.24, 2.45) is 16.7 Å². The standard InChI is InChI=1S/C30H44O4/c1-20(2)24-16-15-22(4)13-9-11-21(3)12-10-14-23(5)19-25(24)33-27(32)30-18-17-29(8,26(31)34-30)28(30,6)7/h12-13,19,24-25H,1,9-11,14-18H2,2-8H3/b21-12-,22-13+,23-19+. The van der Waals surface area contributed by atoms with Gasteiger partial charge in [-0.15, -0.1) is 0 Å². The summed E-state index contributed by atoms with van der Waals surface area (Å²) in [5.74, 6) is -0.679. The lowest BCUT2D eigenvalue weighted by Gasteiger charge is -2.36. The molecule has 188 valence electrons. The van der Waals surface area contributed by atoms with Gasteiger partial charge in [0.2, 0.25) is 5.60 Å². The van der Waals surface area contributed by atoms with Gasteiger partial charge in [-0.3, -0.25) is 4.79 Å². The van der Waals surface area contributed by atoms with Gasteiger partial charge in [-0.1, -0.05) is 54.9 Å². The van der Waals surface area contributed by atoms with E-state index in [-0.39, 0.29) is 11.9 Å². The SMILES string of the molecule is C=C(C)C1CC/C(C)=C/CC/C(C)=C\CC/C(C)=C/C1OC(=O)C12CCC(C)(C(=O)O1)C2(C)C. The van der Waals surface area contributed by atoms with Crippen LogP contribution in [0.1, 0.15) is 99.8 Å². The monoisotopic (exact) mass is 468 g/mol. The van der Waals surface area contributed by atoms with Crippen LogP contribution >= 0.6 is 0 Å². The first kappa shape index (κ1) is 26.5. The largest absolute Gasteiger partial charge is 0.455 e. The lowest BCUT2D eigenvalue weighted by molar-refractivity contribution is -0.186. The maximum Gasteiger partial charge on any atom is 0.351 e. The zero-order valence-electron chi connectivity index (χ0n) is 22.4. The Kier molecular flexibility index (Phi) is 7.70. The number of fused-ring (bicyclic) bond motifs is 2. The van der Waals surface area contributed by atoms with Crippen LogP contribution in [0.5, 0.6) is 0 Å². The third kappa shape index (κ3) is 4.70. The summed E-state index contributed by atoms with van der Waals surface area (Å²) in [4.78, 5) is 26.5. The number of ether oxygens (including phenoxy) is 2. The minimum atomic E-state index is -1.21. The molecule has 2 bridgehead atoms. The topological polar surface area (TPSA) is 52.6 Å². The molecule has 0 aromatic rings. The van der Waals surface area contributed by atoms with Gasteiger partial charge in [0.1, 0.15) is 6.10 Å². The first-order valence-electron chi connectivity index (χ1n) is 12.9. The van der Waals surface area contributed by atoms with Crippen molar-refractivity contribution in [1.29, 1.82) is 0 Å². The Labute approximate surface area is 206 Å². The number of esters is 2. The molecule has 0 amide bonds. The van der Waals surface area contributed by atoms with Crippen molar-refractivity contribution in [3.8, 4) is 0 Å². The normalized spacial score (nSPS) is 38.9. The van der Waals surface area contributed by atoms with Crippen molar-refractivity contribution in [3.05, 3.63) is 47.1 Å². The third-order valence-corrected chi connectivity index (χ3v) is 9.05. The predicted octanol–water partition coefficient (Wildman–Crippen LogP) is 7.41. The first-order chi connectivity index (χ1) is 15.8. The molecule has 0 radical (unpaired) electrons. The molecule has 34 heavy (non-hydrogen) atoms. The zero-order chi connectivity index (χ0) is 25.3. The Morgan fingerprint density at radius 2 is 1.59 bits per heavy atom. The van der Waals surface area contributed by atoms with Gasteiger partial charge in [-0.25, -0.2) is 4.79 Å². The van der Waals surface area contributed by atoms with Crippen molar-refractivity contribution in [2.45, 2.75) is 112 Å². The fourth-order valence-corrected chi connectivity index (χ4v) is 5.89. The van der Waals surface area contributed by atoms with E-state index >= 15 is 0 Å². The van der Waals surface area contributed by atoms with Crippen molar-refractivity contribution >= 4 is 11.9 Å². The summed E-state index contributed by atoms with van der Waals surface area (Å²) in [5.41, 5.74) is 2.51. The number of carbonyl (C=O) groups is 2. The molecule has 1 saturated carbocycles. The molecule has 0 N–H and O–H groups in total.